The van der Waals surface area contributed by atoms with Crippen molar-refractivity contribution in [2.75, 3.05) is 18.0 Å². The third-order valence-electron chi connectivity index (χ3n) is 3.51. The first-order valence-corrected chi connectivity index (χ1v) is 5.87. The molecule has 0 saturated carbocycles. The van der Waals surface area contributed by atoms with E-state index in [1.807, 2.05) is 0 Å². The summed E-state index contributed by atoms with van der Waals surface area (Å²) in [6, 6.07) is 0. The molecule has 0 amide bonds. The van der Waals surface area contributed by atoms with Gasteiger partial charge >= 0.3 is 0 Å². The number of aliphatic hydroxyl groups is 1. The predicted octanol–water partition coefficient (Wildman–Crippen LogP) is 1.45. The van der Waals surface area contributed by atoms with E-state index < -0.39 is 0 Å². The standard InChI is InChI=1S/C12H19N3O/c1-9-3-4-15(7-10(9)2)12-6-13-11(8-16)5-14-12/h5-6,9-10,16H,3-4,7-8H2,1-2H3. The van der Waals surface area contributed by atoms with Gasteiger partial charge in [0, 0.05) is 13.1 Å². The first kappa shape index (κ1) is 11.3. The summed E-state index contributed by atoms with van der Waals surface area (Å²) >= 11 is 0. The van der Waals surface area contributed by atoms with Crippen LogP contribution in [0.2, 0.25) is 0 Å². The van der Waals surface area contributed by atoms with Crippen molar-refractivity contribution in [1.82, 2.24) is 9.97 Å². The number of aliphatic hydroxyl groups excluding tert-OH is 1. The minimum absolute atomic E-state index is 0.0410. The van der Waals surface area contributed by atoms with Gasteiger partial charge < -0.3 is 10.0 Å². The van der Waals surface area contributed by atoms with E-state index >= 15 is 0 Å². The van der Waals surface area contributed by atoms with E-state index in [-0.39, 0.29) is 6.61 Å². The highest BCUT2D eigenvalue weighted by atomic mass is 16.3. The van der Waals surface area contributed by atoms with Crippen LogP contribution in [0.1, 0.15) is 26.0 Å². The highest BCUT2D eigenvalue weighted by Gasteiger charge is 2.23. The second-order valence-electron chi connectivity index (χ2n) is 4.71. The van der Waals surface area contributed by atoms with Gasteiger partial charge in [-0.05, 0) is 18.3 Å². The normalized spacial score (nSPS) is 25.8. The first-order valence-electron chi connectivity index (χ1n) is 5.87. The molecule has 0 aliphatic carbocycles. The fourth-order valence-electron chi connectivity index (χ4n) is 2.06. The summed E-state index contributed by atoms with van der Waals surface area (Å²) in [4.78, 5) is 10.8. The number of rotatable bonds is 2. The summed E-state index contributed by atoms with van der Waals surface area (Å²) in [6.45, 7) is 6.66. The largest absolute Gasteiger partial charge is 0.390 e. The van der Waals surface area contributed by atoms with Crippen molar-refractivity contribution < 1.29 is 5.11 Å². The Morgan fingerprint density at radius 3 is 2.69 bits per heavy atom. The van der Waals surface area contributed by atoms with Gasteiger partial charge in [-0.1, -0.05) is 13.8 Å². The second kappa shape index (κ2) is 4.78. The molecule has 4 nitrogen and oxygen atoms in total. The number of anilines is 1. The van der Waals surface area contributed by atoms with Gasteiger partial charge in [0.1, 0.15) is 5.82 Å². The molecule has 1 aliphatic heterocycles. The fraction of sp³-hybridized carbons (Fsp3) is 0.667. The molecule has 16 heavy (non-hydrogen) atoms. The van der Waals surface area contributed by atoms with E-state index in [1.54, 1.807) is 12.4 Å². The minimum Gasteiger partial charge on any atom is -0.390 e. The molecule has 1 N–H and O–H groups in total. The van der Waals surface area contributed by atoms with Gasteiger partial charge in [-0.3, -0.25) is 4.98 Å². The zero-order valence-corrected chi connectivity index (χ0v) is 9.93. The van der Waals surface area contributed by atoms with Gasteiger partial charge in [0.25, 0.3) is 0 Å². The summed E-state index contributed by atoms with van der Waals surface area (Å²) in [5.41, 5.74) is 0.627. The molecule has 0 spiro atoms. The lowest BCUT2D eigenvalue weighted by Crippen LogP contribution is -2.38. The Balaban J connectivity index is 2.06. The number of nitrogens with zero attached hydrogens (tertiary/aromatic N) is 3. The highest BCUT2D eigenvalue weighted by Crippen LogP contribution is 2.25. The smallest absolute Gasteiger partial charge is 0.147 e. The van der Waals surface area contributed by atoms with Crippen LogP contribution in [-0.4, -0.2) is 28.2 Å². The van der Waals surface area contributed by atoms with E-state index in [0.717, 1.165) is 24.8 Å². The Morgan fingerprint density at radius 1 is 1.31 bits per heavy atom. The van der Waals surface area contributed by atoms with Crippen LogP contribution in [-0.2, 0) is 6.61 Å². The van der Waals surface area contributed by atoms with E-state index in [1.165, 1.54) is 6.42 Å². The topological polar surface area (TPSA) is 49.2 Å². The zero-order chi connectivity index (χ0) is 11.5. The molecule has 1 saturated heterocycles. The number of hydrogen-bond acceptors (Lipinski definition) is 4. The molecule has 1 aromatic rings. The molecule has 1 fully saturated rings. The molecule has 2 atom stereocenters. The van der Waals surface area contributed by atoms with Crippen LogP contribution < -0.4 is 4.90 Å². The monoisotopic (exact) mass is 221 g/mol. The van der Waals surface area contributed by atoms with E-state index in [0.29, 0.717) is 11.6 Å². The summed E-state index contributed by atoms with van der Waals surface area (Å²) < 4.78 is 0. The van der Waals surface area contributed by atoms with Gasteiger partial charge in [0.15, 0.2) is 0 Å². The molecule has 0 radical (unpaired) electrons. The van der Waals surface area contributed by atoms with Crippen molar-refractivity contribution in [3.05, 3.63) is 18.1 Å². The van der Waals surface area contributed by atoms with Gasteiger partial charge in [-0.25, -0.2) is 4.98 Å². The van der Waals surface area contributed by atoms with Gasteiger partial charge in [-0.2, -0.15) is 0 Å². The first-order chi connectivity index (χ1) is 7.70. The average molecular weight is 221 g/mol. The molecule has 2 rings (SSSR count). The molecule has 0 aromatic carbocycles. The third kappa shape index (κ3) is 2.32. The molecular weight excluding hydrogens is 202 g/mol. The maximum atomic E-state index is 8.90. The molecule has 2 unspecified atom stereocenters. The van der Waals surface area contributed by atoms with Gasteiger partial charge in [-0.15, -0.1) is 0 Å². The van der Waals surface area contributed by atoms with Gasteiger partial charge in [0.05, 0.1) is 24.7 Å². The lowest BCUT2D eigenvalue weighted by Gasteiger charge is -2.35. The summed E-state index contributed by atoms with van der Waals surface area (Å²) in [6.07, 6.45) is 4.62. The predicted molar refractivity (Wildman–Crippen MR) is 63.1 cm³/mol. The van der Waals surface area contributed by atoms with Crippen molar-refractivity contribution in [2.45, 2.75) is 26.9 Å². The van der Waals surface area contributed by atoms with Crippen molar-refractivity contribution in [1.29, 1.82) is 0 Å². The minimum atomic E-state index is -0.0410. The third-order valence-corrected chi connectivity index (χ3v) is 3.51. The second-order valence-corrected chi connectivity index (χ2v) is 4.71. The SMILES string of the molecule is CC1CCN(c2cnc(CO)cn2)CC1C. The number of piperidine rings is 1. The Morgan fingerprint density at radius 2 is 2.12 bits per heavy atom. The van der Waals surface area contributed by atoms with Crippen LogP contribution in [0.25, 0.3) is 0 Å². The van der Waals surface area contributed by atoms with Crippen molar-refractivity contribution in [3.63, 3.8) is 0 Å². The lowest BCUT2D eigenvalue weighted by atomic mass is 9.89. The Kier molecular flexibility index (Phi) is 3.39. The maximum Gasteiger partial charge on any atom is 0.147 e. The Bertz CT molecular complexity index is 339. The Labute approximate surface area is 96.3 Å². The molecule has 2 heterocycles. The fourth-order valence-corrected chi connectivity index (χ4v) is 2.06. The lowest BCUT2D eigenvalue weighted by molar-refractivity contribution is 0.276. The number of aromatic nitrogens is 2. The highest BCUT2D eigenvalue weighted by molar-refractivity contribution is 5.36. The molecule has 4 heteroatoms. The van der Waals surface area contributed by atoms with E-state index in [9.17, 15) is 0 Å². The van der Waals surface area contributed by atoms with Crippen LogP contribution in [0.3, 0.4) is 0 Å². The van der Waals surface area contributed by atoms with Crippen molar-refractivity contribution >= 4 is 5.82 Å². The van der Waals surface area contributed by atoms with Gasteiger partial charge in [0.2, 0.25) is 0 Å². The molecule has 1 aromatic heterocycles. The molecular formula is C12H19N3O. The maximum absolute atomic E-state index is 8.90. The van der Waals surface area contributed by atoms with Crippen LogP contribution in [0.15, 0.2) is 12.4 Å². The van der Waals surface area contributed by atoms with Crippen LogP contribution in [0.4, 0.5) is 5.82 Å². The van der Waals surface area contributed by atoms with Crippen LogP contribution in [0, 0.1) is 11.8 Å². The molecule has 0 bridgehead atoms. The Hall–Kier alpha value is -1.16. The van der Waals surface area contributed by atoms with E-state index in [2.05, 4.69) is 28.7 Å². The summed E-state index contributed by atoms with van der Waals surface area (Å²) in [5.74, 6) is 2.42. The number of hydrogen-bond donors (Lipinski definition) is 1. The van der Waals surface area contributed by atoms with Crippen molar-refractivity contribution in [2.24, 2.45) is 11.8 Å². The van der Waals surface area contributed by atoms with Crippen LogP contribution in [0.5, 0.6) is 0 Å². The molecule has 1 aliphatic rings. The zero-order valence-electron chi connectivity index (χ0n) is 9.93. The average Bonchev–Trinajstić information content (AvgIpc) is 2.33. The van der Waals surface area contributed by atoms with Crippen molar-refractivity contribution in [3.8, 4) is 0 Å². The molecule has 88 valence electrons. The summed E-state index contributed by atoms with van der Waals surface area (Å²) in [7, 11) is 0. The van der Waals surface area contributed by atoms with Crippen LogP contribution >= 0.6 is 0 Å². The quantitative estimate of drug-likeness (QED) is 0.821. The van der Waals surface area contributed by atoms with E-state index in [4.69, 9.17) is 5.11 Å². The summed E-state index contributed by atoms with van der Waals surface area (Å²) in [5, 5.41) is 8.90.